The SMILES string of the molecule is C.C=C(C(C)C)N(C)C(C)C.C=C1C=C(C(C)C)N(C(C)C)C(=C)C1.C=C1C=CC=C(C(C)C)N1C(C)C.C=C1C=CN(C(C)C)C(C(C)C)=C1. The Labute approximate surface area is 319 Å². The van der Waals surface area contributed by atoms with Gasteiger partial charge >= 0.3 is 0 Å². The van der Waals surface area contributed by atoms with E-state index in [0.717, 1.165) is 17.7 Å². The first-order valence-electron chi connectivity index (χ1n) is 19.0. The molecule has 0 aromatic rings. The largest absolute Gasteiger partial charge is 0.376 e. The maximum Gasteiger partial charge on any atom is 0.0337 e. The molecule has 0 aromatic heterocycles. The molecule has 0 fully saturated rings. The normalized spacial score (nSPS) is 15.9. The van der Waals surface area contributed by atoms with Gasteiger partial charge in [0.15, 0.2) is 0 Å². The van der Waals surface area contributed by atoms with Crippen molar-refractivity contribution in [2.45, 2.75) is 149 Å². The van der Waals surface area contributed by atoms with E-state index in [1.54, 1.807) is 0 Å². The van der Waals surface area contributed by atoms with Crippen molar-refractivity contribution in [1.29, 1.82) is 0 Å². The molecule has 0 spiro atoms. The van der Waals surface area contributed by atoms with Gasteiger partial charge in [0.25, 0.3) is 0 Å². The van der Waals surface area contributed by atoms with Crippen molar-refractivity contribution in [3.05, 3.63) is 121 Å². The Kier molecular flexibility index (Phi) is 22.6. The number of nitrogens with zero attached hydrogens (tertiary/aromatic N) is 4. The summed E-state index contributed by atoms with van der Waals surface area (Å²) in [5.74, 6) is 2.21. The summed E-state index contributed by atoms with van der Waals surface area (Å²) < 4.78 is 0. The maximum atomic E-state index is 4.12. The molecule has 0 unspecified atom stereocenters. The maximum absolute atomic E-state index is 4.12. The highest BCUT2D eigenvalue weighted by Crippen LogP contribution is 2.32. The zero-order valence-corrected chi connectivity index (χ0v) is 35.7. The summed E-state index contributed by atoms with van der Waals surface area (Å²) in [6, 6.07) is 2.07. The third kappa shape index (κ3) is 16.2. The molecule has 3 aliphatic rings. The highest BCUT2D eigenvalue weighted by molar-refractivity contribution is 5.36. The molecule has 3 rings (SSSR count). The Morgan fingerprint density at radius 2 is 1.14 bits per heavy atom. The third-order valence-corrected chi connectivity index (χ3v) is 8.88. The molecule has 0 radical (unpaired) electrons. The second-order valence-electron chi connectivity index (χ2n) is 16.1. The van der Waals surface area contributed by atoms with E-state index in [2.05, 4.69) is 213 Å². The molecular weight excluding hydrogens is 621 g/mol. The van der Waals surface area contributed by atoms with Gasteiger partial charge in [-0.1, -0.05) is 102 Å². The molecule has 51 heavy (non-hydrogen) atoms. The van der Waals surface area contributed by atoms with Gasteiger partial charge in [-0.2, -0.15) is 0 Å². The molecular formula is C47H82N4. The summed E-state index contributed by atoms with van der Waals surface area (Å²) in [7, 11) is 2.09. The lowest BCUT2D eigenvalue weighted by molar-refractivity contribution is 0.309. The number of hydrogen-bond acceptors (Lipinski definition) is 4. The van der Waals surface area contributed by atoms with Crippen LogP contribution in [0.25, 0.3) is 0 Å². The quantitative estimate of drug-likeness (QED) is 0.237. The minimum absolute atomic E-state index is 0. The van der Waals surface area contributed by atoms with Crippen molar-refractivity contribution in [2.75, 3.05) is 7.05 Å². The summed E-state index contributed by atoms with van der Waals surface area (Å²) >= 11 is 0. The lowest BCUT2D eigenvalue weighted by atomic mass is 9.97. The van der Waals surface area contributed by atoms with Gasteiger partial charge in [0.05, 0.1) is 0 Å². The molecule has 0 amide bonds. The van der Waals surface area contributed by atoms with Crippen LogP contribution in [0, 0.1) is 23.7 Å². The highest BCUT2D eigenvalue weighted by Gasteiger charge is 2.23. The molecule has 3 aliphatic heterocycles. The van der Waals surface area contributed by atoms with Gasteiger partial charge in [-0.15, -0.1) is 0 Å². The van der Waals surface area contributed by atoms with Gasteiger partial charge in [0.1, 0.15) is 0 Å². The van der Waals surface area contributed by atoms with Crippen molar-refractivity contribution in [3.63, 3.8) is 0 Å². The van der Waals surface area contributed by atoms with Crippen LogP contribution in [-0.4, -0.2) is 50.8 Å². The Bertz CT molecular complexity index is 1300. The zero-order valence-electron chi connectivity index (χ0n) is 35.7. The number of rotatable bonds is 9. The van der Waals surface area contributed by atoms with Crippen LogP contribution in [-0.2, 0) is 0 Å². The average molecular weight is 703 g/mol. The van der Waals surface area contributed by atoms with Gasteiger partial charge in [0, 0.05) is 78.0 Å². The van der Waals surface area contributed by atoms with Crippen molar-refractivity contribution in [3.8, 4) is 0 Å². The van der Waals surface area contributed by atoms with Gasteiger partial charge in [0.2, 0.25) is 0 Å². The second-order valence-corrected chi connectivity index (χ2v) is 16.1. The first-order valence-corrected chi connectivity index (χ1v) is 19.0. The fraction of sp³-hybridized carbons (Fsp3) is 0.574. The van der Waals surface area contributed by atoms with Crippen LogP contribution >= 0.6 is 0 Å². The fourth-order valence-electron chi connectivity index (χ4n) is 5.90. The average Bonchev–Trinajstić information content (AvgIpc) is 2.99. The molecule has 0 N–H and O–H groups in total. The first kappa shape index (κ1) is 49.7. The van der Waals surface area contributed by atoms with Crippen LogP contribution in [0.2, 0.25) is 0 Å². The summed E-state index contributed by atoms with van der Waals surface area (Å²) in [5.41, 5.74) is 9.84. The minimum atomic E-state index is 0. The van der Waals surface area contributed by atoms with Crippen molar-refractivity contribution in [2.24, 2.45) is 23.7 Å². The summed E-state index contributed by atoms with van der Waals surface area (Å²) in [6.45, 7) is 55.3. The topological polar surface area (TPSA) is 13.0 Å². The molecule has 4 nitrogen and oxygen atoms in total. The predicted molar refractivity (Wildman–Crippen MR) is 233 cm³/mol. The number of allylic oxidation sites excluding steroid dienone is 12. The minimum Gasteiger partial charge on any atom is -0.376 e. The van der Waals surface area contributed by atoms with E-state index < -0.39 is 0 Å². The van der Waals surface area contributed by atoms with E-state index >= 15 is 0 Å². The smallest absolute Gasteiger partial charge is 0.0337 e. The van der Waals surface area contributed by atoms with E-state index in [-0.39, 0.29) is 7.43 Å². The van der Waals surface area contributed by atoms with Crippen LogP contribution in [0.1, 0.15) is 125 Å². The second kappa shape index (κ2) is 23.2. The Morgan fingerprint density at radius 3 is 1.49 bits per heavy atom. The molecule has 0 bridgehead atoms. The van der Waals surface area contributed by atoms with Crippen LogP contribution in [0.5, 0.6) is 0 Å². The van der Waals surface area contributed by atoms with E-state index in [0.29, 0.717) is 47.8 Å². The van der Waals surface area contributed by atoms with Crippen molar-refractivity contribution >= 4 is 0 Å². The van der Waals surface area contributed by atoms with Gasteiger partial charge < -0.3 is 19.6 Å². The van der Waals surface area contributed by atoms with E-state index in [1.165, 1.54) is 34.1 Å². The molecule has 0 saturated carbocycles. The van der Waals surface area contributed by atoms with Gasteiger partial charge in [-0.05, 0) is 121 Å². The Morgan fingerprint density at radius 1 is 0.647 bits per heavy atom. The lowest BCUT2D eigenvalue weighted by Crippen LogP contribution is -2.33. The fourth-order valence-corrected chi connectivity index (χ4v) is 5.90. The van der Waals surface area contributed by atoms with E-state index in [9.17, 15) is 0 Å². The molecule has 290 valence electrons. The first-order chi connectivity index (χ1) is 23.0. The van der Waals surface area contributed by atoms with Crippen molar-refractivity contribution < 1.29 is 0 Å². The summed E-state index contributed by atoms with van der Waals surface area (Å²) in [4.78, 5) is 9.15. The lowest BCUT2D eigenvalue weighted by Gasteiger charge is -2.38. The predicted octanol–water partition coefficient (Wildman–Crippen LogP) is 13.5. The number of hydrogen-bond donors (Lipinski definition) is 0. The van der Waals surface area contributed by atoms with Gasteiger partial charge in [-0.3, -0.25) is 0 Å². The Hall–Kier alpha value is -3.40. The summed E-state index contributed by atoms with van der Waals surface area (Å²) in [5, 5.41) is 0. The molecule has 0 atom stereocenters. The van der Waals surface area contributed by atoms with Crippen molar-refractivity contribution in [1.82, 2.24) is 19.6 Å². The molecule has 0 aliphatic carbocycles. The highest BCUT2D eigenvalue weighted by atomic mass is 15.2. The molecule has 4 heteroatoms. The summed E-state index contributed by atoms with van der Waals surface area (Å²) in [6.07, 6.45) is 15.8. The zero-order chi connectivity index (χ0) is 39.2. The Balaban J connectivity index is 0. The molecule has 3 heterocycles. The van der Waals surface area contributed by atoms with Crippen LogP contribution < -0.4 is 0 Å². The van der Waals surface area contributed by atoms with E-state index in [1.807, 2.05) is 0 Å². The third-order valence-electron chi connectivity index (χ3n) is 8.88. The van der Waals surface area contributed by atoms with Gasteiger partial charge in [-0.25, -0.2) is 0 Å². The van der Waals surface area contributed by atoms with Crippen LogP contribution in [0.15, 0.2) is 121 Å². The monoisotopic (exact) mass is 703 g/mol. The molecule has 0 aromatic carbocycles. The molecule has 0 saturated heterocycles. The van der Waals surface area contributed by atoms with E-state index in [4.69, 9.17) is 0 Å². The standard InChI is InChI=1S/C13H21N.2C12H19N.C9H19N.CH4/c1-9(2)13-8-11(5)7-12(6)14(13)10(3)4;1-9(2)12-8-11(5)6-7-13(12)10(3)4;1-9(2)12-8-6-7-11(5)13(12)10(3)4;1-7(2)9(5)10(6)8(3)4;/h8-10H,5-7H2,1-4H3;2*6-10H,5H2,1-4H3;7-8H,5H2,1-4,6H3;1H4. The van der Waals surface area contributed by atoms with Crippen LogP contribution in [0.3, 0.4) is 0 Å². The van der Waals surface area contributed by atoms with Crippen LogP contribution in [0.4, 0.5) is 0 Å².